The average molecular weight is 296 g/mol. The zero-order valence-corrected chi connectivity index (χ0v) is 11.9. The molecule has 1 amide bonds. The van der Waals surface area contributed by atoms with E-state index in [-0.39, 0.29) is 31.0 Å². The van der Waals surface area contributed by atoms with Crippen LogP contribution in [0.1, 0.15) is 25.1 Å². The SMILES string of the molecule is CC(NC(=O)CN1CCOCC1CC(=O)O)c1ccco1. The lowest BCUT2D eigenvalue weighted by Crippen LogP contribution is -2.50. The van der Waals surface area contributed by atoms with Crippen molar-refractivity contribution < 1.29 is 23.8 Å². The first-order chi connectivity index (χ1) is 10.1. The second-order valence-electron chi connectivity index (χ2n) is 5.10. The summed E-state index contributed by atoms with van der Waals surface area (Å²) in [7, 11) is 0. The average Bonchev–Trinajstić information content (AvgIpc) is 2.94. The minimum absolute atomic E-state index is 0.0268. The van der Waals surface area contributed by atoms with Gasteiger partial charge in [-0.05, 0) is 19.1 Å². The highest BCUT2D eigenvalue weighted by Gasteiger charge is 2.27. The van der Waals surface area contributed by atoms with Crippen LogP contribution in [0.5, 0.6) is 0 Å². The molecule has 1 aromatic rings. The van der Waals surface area contributed by atoms with Crippen molar-refractivity contribution in [1.82, 2.24) is 10.2 Å². The third-order valence-corrected chi connectivity index (χ3v) is 3.45. The van der Waals surface area contributed by atoms with Crippen molar-refractivity contribution in [2.24, 2.45) is 0 Å². The molecule has 1 fully saturated rings. The van der Waals surface area contributed by atoms with E-state index in [0.29, 0.717) is 25.5 Å². The second kappa shape index (κ2) is 7.24. The summed E-state index contributed by atoms with van der Waals surface area (Å²) in [5.41, 5.74) is 0. The molecule has 21 heavy (non-hydrogen) atoms. The van der Waals surface area contributed by atoms with Gasteiger partial charge in [-0.3, -0.25) is 14.5 Å². The summed E-state index contributed by atoms with van der Waals surface area (Å²) in [5, 5.41) is 11.7. The summed E-state index contributed by atoms with van der Waals surface area (Å²) in [6.45, 7) is 3.40. The Morgan fingerprint density at radius 3 is 3.05 bits per heavy atom. The molecular weight excluding hydrogens is 276 g/mol. The second-order valence-corrected chi connectivity index (χ2v) is 5.10. The van der Waals surface area contributed by atoms with Gasteiger partial charge in [-0.1, -0.05) is 0 Å². The number of carboxylic acids is 1. The highest BCUT2D eigenvalue weighted by Crippen LogP contribution is 2.13. The van der Waals surface area contributed by atoms with Crippen LogP contribution in [0, 0.1) is 0 Å². The summed E-state index contributed by atoms with van der Waals surface area (Å²) in [5.74, 6) is -0.358. The largest absolute Gasteiger partial charge is 0.481 e. The summed E-state index contributed by atoms with van der Waals surface area (Å²) < 4.78 is 10.5. The molecule has 0 aromatic carbocycles. The van der Waals surface area contributed by atoms with Crippen LogP contribution < -0.4 is 5.32 Å². The van der Waals surface area contributed by atoms with Crippen molar-refractivity contribution in [2.75, 3.05) is 26.3 Å². The molecule has 7 nitrogen and oxygen atoms in total. The Hall–Kier alpha value is -1.86. The molecule has 2 unspecified atom stereocenters. The maximum Gasteiger partial charge on any atom is 0.305 e. The smallest absolute Gasteiger partial charge is 0.305 e. The van der Waals surface area contributed by atoms with Crippen LogP contribution in [0.2, 0.25) is 0 Å². The Kier molecular flexibility index (Phi) is 5.35. The Morgan fingerprint density at radius 2 is 2.38 bits per heavy atom. The zero-order valence-electron chi connectivity index (χ0n) is 11.9. The molecule has 1 aliphatic heterocycles. The van der Waals surface area contributed by atoms with Crippen molar-refractivity contribution in [3.05, 3.63) is 24.2 Å². The van der Waals surface area contributed by atoms with Crippen LogP contribution in [-0.2, 0) is 14.3 Å². The van der Waals surface area contributed by atoms with Crippen LogP contribution in [0.4, 0.5) is 0 Å². The molecule has 1 aromatic heterocycles. The molecule has 2 rings (SSSR count). The van der Waals surface area contributed by atoms with E-state index in [1.165, 1.54) is 0 Å². The Morgan fingerprint density at radius 1 is 1.57 bits per heavy atom. The number of furan rings is 1. The van der Waals surface area contributed by atoms with E-state index in [4.69, 9.17) is 14.3 Å². The molecule has 2 heterocycles. The molecule has 7 heteroatoms. The van der Waals surface area contributed by atoms with E-state index in [1.54, 1.807) is 18.4 Å². The van der Waals surface area contributed by atoms with Crippen LogP contribution in [-0.4, -0.2) is 54.2 Å². The molecule has 0 saturated carbocycles. The number of aliphatic carboxylic acids is 1. The van der Waals surface area contributed by atoms with Gasteiger partial charge in [0.05, 0.1) is 38.5 Å². The number of nitrogens with one attached hydrogen (secondary N) is 1. The highest BCUT2D eigenvalue weighted by atomic mass is 16.5. The van der Waals surface area contributed by atoms with Gasteiger partial charge < -0.3 is 19.6 Å². The number of carboxylic acid groups (broad SMARTS) is 1. The van der Waals surface area contributed by atoms with Crippen molar-refractivity contribution in [2.45, 2.75) is 25.4 Å². The first-order valence-corrected chi connectivity index (χ1v) is 6.92. The number of amides is 1. The fourth-order valence-electron chi connectivity index (χ4n) is 2.37. The third-order valence-electron chi connectivity index (χ3n) is 3.45. The Balaban J connectivity index is 1.86. The molecule has 0 spiro atoms. The molecule has 1 saturated heterocycles. The van der Waals surface area contributed by atoms with Crippen molar-refractivity contribution in [3.63, 3.8) is 0 Å². The molecule has 2 atom stereocenters. The lowest BCUT2D eigenvalue weighted by molar-refractivity contribution is -0.141. The molecule has 0 aliphatic carbocycles. The fourth-order valence-corrected chi connectivity index (χ4v) is 2.37. The fraction of sp³-hybridized carbons (Fsp3) is 0.571. The van der Waals surface area contributed by atoms with Gasteiger partial charge in [-0.2, -0.15) is 0 Å². The maximum atomic E-state index is 12.1. The summed E-state index contributed by atoms with van der Waals surface area (Å²) in [6.07, 6.45) is 1.53. The number of hydrogen-bond acceptors (Lipinski definition) is 5. The first kappa shape index (κ1) is 15.5. The van der Waals surface area contributed by atoms with Gasteiger partial charge in [0.25, 0.3) is 0 Å². The lowest BCUT2D eigenvalue weighted by atomic mass is 10.1. The summed E-state index contributed by atoms with van der Waals surface area (Å²) in [4.78, 5) is 24.8. The summed E-state index contributed by atoms with van der Waals surface area (Å²) >= 11 is 0. The number of ether oxygens (including phenoxy) is 1. The maximum absolute atomic E-state index is 12.1. The van der Waals surface area contributed by atoms with Crippen molar-refractivity contribution in [3.8, 4) is 0 Å². The van der Waals surface area contributed by atoms with E-state index in [9.17, 15) is 9.59 Å². The van der Waals surface area contributed by atoms with Gasteiger partial charge in [0.1, 0.15) is 5.76 Å². The Bertz CT molecular complexity index is 474. The van der Waals surface area contributed by atoms with Gasteiger partial charge in [-0.25, -0.2) is 0 Å². The van der Waals surface area contributed by atoms with Crippen LogP contribution in [0.15, 0.2) is 22.8 Å². The number of hydrogen-bond donors (Lipinski definition) is 2. The molecule has 2 N–H and O–H groups in total. The van der Waals surface area contributed by atoms with Crippen molar-refractivity contribution in [1.29, 1.82) is 0 Å². The van der Waals surface area contributed by atoms with Gasteiger partial charge >= 0.3 is 5.97 Å². The predicted molar refractivity (Wildman–Crippen MR) is 73.7 cm³/mol. The predicted octanol–water partition coefficient (Wildman–Crippen LogP) is 0.632. The minimum Gasteiger partial charge on any atom is -0.481 e. The lowest BCUT2D eigenvalue weighted by Gasteiger charge is -2.34. The number of rotatable bonds is 6. The summed E-state index contributed by atoms with van der Waals surface area (Å²) in [6, 6.07) is 3.09. The monoisotopic (exact) mass is 296 g/mol. The third kappa shape index (κ3) is 4.57. The number of carbonyl (C=O) groups is 2. The van der Waals surface area contributed by atoms with E-state index < -0.39 is 5.97 Å². The van der Waals surface area contributed by atoms with E-state index in [1.807, 2.05) is 11.8 Å². The minimum atomic E-state index is -0.889. The highest BCUT2D eigenvalue weighted by molar-refractivity contribution is 5.78. The van der Waals surface area contributed by atoms with E-state index >= 15 is 0 Å². The number of carbonyl (C=O) groups excluding carboxylic acids is 1. The van der Waals surface area contributed by atoms with E-state index in [0.717, 1.165) is 0 Å². The molecule has 116 valence electrons. The van der Waals surface area contributed by atoms with Crippen LogP contribution >= 0.6 is 0 Å². The van der Waals surface area contributed by atoms with E-state index in [2.05, 4.69) is 5.32 Å². The topological polar surface area (TPSA) is 92.0 Å². The van der Waals surface area contributed by atoms with Gasteiger partial charge in [0, 0.05) is 12.6 Å². The van der Waals surface area contributed by atoms with Crippen molar-refractivity contribution >= 4 is 11.9 Å². The molecule has 0 radical (unpaired) electrons. The van der Waals surface area contributed by atoms with Gasteiger partial charge in [-0.15, -0.1) is 0 Å². The standard InChI is InChI=1S/C14H20N2O5/c1-10(12-3-2-5-21-12)15-13(17)8-16-4-6-20-9-11(16)7-14(18)19/h2-3,5,10-11H,4,6-9H2,1H3,(H,15,17)(H,18,19). The van der Waals surface area contributed by atoms with Gasteiger partial charge in [0.15, 0.2) is 0 Å². The zero-order chi connectivity index (χ0) is 15.2. The normalized spacial score (nSPS) is 20.9. The quantitative estimate of drug-likeness (QED) is 0.800. The molecule has 1 aliphatic rings. The number of morpholine rings is 1. The van der Waals surface area contributed by atoms with Crippen LogP contribution in [0.3, 0.4) is 0 Å². The Labute approximate surface area is 122 Å². The molecule has 0 bridgehead atoms. The first-order valence-electron chi connectivity index (χ1n) is 6.92. The van der Waals surface area contributed by atoms with Crippen LogP contribution in [0.25, 0.3) is 0 Å². The number of nitrogens with zero attached hydrogens (tertiary/aromatic N) is 1. The van der Waals surface area contributed by atoms with Gasteiger partial charge in [0.2, 0.25) is 5.91 Å². The molecular formula is C14H20N2O5.